The molecule has 4 rings (SSSR count). The van der Waals surface area contributed by atoms with Crippen LogP contribution in [0.4, 0.5) is 22.7 Å². The van der Waals surface area contributed by atoms with Gasteiger partial charge in [0.1, 0.15) is 11.0 Å². The first-order chi connectivity index (χ1) is 17.0. The first kappa shape index (κ1) is 23.7. The molecule has 0 aliphatic carbocycles. The monoisotopic (exact) mass is 484 g/mol. The quantitative estimate of drug-likeness (QED) is 0.268. The Hall–Kier alpha value is -4.43. The number of nitrogen functional groups attached to an aromatic ring is 1. The molecule has 7 nitrogen and oxygen atoms in total. The largest absolute Gasteiger partial charge is 0.399 e. The van der Waals surface area contributed by atoms with Gasteiger partial charge < -0.3 is 21.1 Å². The van der Waals surface area contributed by atoms with Crippen LogP contribution in [-0.4, -0.2) is 16.0 Å². The van der Waals surface area contributed by atoms with Crippen molar-refractivity contribution in [3.05, 3.63) is 114 Å². The zero-order chi connectivity index (χ0) is 24.6. The third-order valence-corrected chi connectivity index (χ3v) is 6.16. The number of amides is 2. The molecule has 0 spiro atoms. The number of anilines is 4. The lowest BCUT2D eigenvalue weighted by atomic mass is 10.1. The lowest BCUT2D eigenvalue weighted by Gasteiger charge is -2.10. The SMILES string of the molecule is Nc1cccc(CC(=O)Nc2cccc(C(=O)Nc3ccc(S(=O)Nc4ccccc4)cc3)c2)c1. The van der Waals surface area contributed by atoms with Gasteiger partial charge in [0.2, 0.25) is 5.91 Å². The van der Waals surface area contributed by atoms with Gasteiger partial charge >= 0.3 is 0 Å². The van der Waals surface area contributed by atoms with Gasteiger partial charge in [-0.3, -0.25) is 9.59 Å². The smallest absolute Gasteiger partial charge is 0.255 e. The molecule has 4 aromatic carbocycles. The van der Waals surface area contributed by atoms with Gasteiger partial charge in [0.05, 0.1) is 11.3 Å². The van der Waals surface area contributed by atoms with E-state index in [1.807, 2.05) is 36.4 Å². The van der Waals surface area contributed by atoms with Crippen molar-refractivity contribution in [2.24, 2.45) is 0 Å². The maximum atomic E-state index is 12.7. The summed E-state index contributed by atoms with van der Waals surface area (Å²) in [7, 11) is -1.43. The highest BCUT2D eigenvalue weighted by Crippen LogP contribution is 2.18. The molecular formula is C27H24N4O3S. The molecule has 0 aliphatic rings. The second-order valence-electron chi connectivity index (χ2n) is 7.77. The number of benzene rings is 4. The van der Waals surface area contributed by atoms with Crippen molar-refractivity contribution in [1.29, 1.82) is 0 Å². The molecule has 8 heteroatoms. The molecule has 0 fully saturated rings. The van der Waals surface area contributed by atoms with Crippen molar-refractivity contribution < 1.29 is 13.8 Å². The molecule has 0 bridgehead atoms. The van der Waals surface area contributed by atoms with Gasteiger partial charge in [-0.1, -0.05) is 36.4 Å². The van der Waals surface area contributed by atoms with Crippen molar-refractivity contribution in [2.45, 2.75) is 11.3 Å². The van der Waals surface area contributed by atoms with E-state index < -0.39 is 11.0 Å². The Morgan fingerprint density at radius 2 is 1.43 bits per heavy atom. The molecule has 176 valence electrons. The predicted octanol–water partition coefficient (Wildman–Crippen LogP) is 4.84. The zero-order valence-corrected chi connectivity index (χ0v) is 19.5. The molecule has 0 aromatic heterocycles. The number of carbonyl (C=O) groups excluding carboxylic acids is 2. The van der Waals surface area contributed by atoms with E-state index in [1.165, 1.54) is 0 Å². The van der Waals surface area contributed by atoms with Crippen molar-refractivity contribution in [2.75, 3.05) is 21.1 Å². The van der Waals surface area contributed by atoms with E-state index in [1.54, 1.807) is 66.7 Å². The summed E-state index contributed by atoms with van der Waals surface area (Å²) in [4.78, 5) is 25.7. The molecule has 0 saturated carbocycles. The highest BCUT2D eigenvalue weighted by Gasteiger charge is 2.10. The number of para-hydroxylation sites is 1. The van der Waals surface area contributed by atoms with Crippen LogP contribution in [-0.2, 0) is 22.2 Å². The minimum atomic E-state index is -1.43. The maximum absolute atomic E-state index is 12.7. The number of rotatable bonds is 8. The van der Waals surface area contributed by atoms with Crippen LogP contribution in [0.2, 0.25) is 0 Å². The first-order valence-electron chi connectivity index (χ1n) is 10.9. The van der Waals surface area contributed by atoms with Crippen LogP contribution in [0.5, 0.6) is 0 Å². The highest BCUT2D eigenvalue weighted by atomic mass is 32.2. The van der Waals surface area contributed by atoms with Crippen molar-refractivity contribution in [3.63, 3.8) is 0 Å². The third-order valence-electron chi connectivity index (χ3n) is 5.03. The Bertz CT molecular complexity index is 1360. The average molecular weight is 485 g/mol. The Morgan fingerprint density at radius 1 is 0.714 bits per heavy atom. The van der Waals surface area contributed by atoms with Crippen LogP contribution in [0.1, 0.15) is 15.9 Å². The van der Waals surface area contributed by atoms with Gasteiger partial charge in [0.25, 0.3) is 5.91 Å². The Kier molecular flexibility index (Phi) is 7.54. The average Bonchev–Trinajstić information content (AvgIpc) is 2.85. The summed E-state index contributed by atoms with van der Waals surface area (Å²) < 4.78 is 15.4. The van der Waals surface area contributed by atoms with Gasteiger partial charge in [-0.2, -0.15) is 0 Å². The summed E-state index contributed by atoms with van der Waals surface area (Å²) in [5.41, 5.74) is 9.39. The summed E-state index contributed by atoms with van der Waals surface area (Å²) in [6.45, 7) is 0. The molecular weight excluding hydrogens is 460 g/mol. The van der Waals surface area contributed by atoms with E-state index in [4.69, 9.17) is 5.73 Å². The lowest BCUT2D eigenvalue weighted by Crippen LogP contribution is -2.16. The van der Waals surface area contributed by atoms with Crippen molar-refractivity contribution in [3.8, 4) is 0 Å². The standard InChI is InChI=1S/C27H24N4O3S/c28-21-8-4-6-19(16-21)17-26(32)29-24-11-5-7-20(18-24)27(33)30-22-12-14-25(15-13-22)35(34)31-23-9-2-1-3-10-23/h1-16,18,31H,17,28H2,(H,29,32)(H,30,33). The molecule has 1 unspecified atom stereocenters. The van der Waals surface area contributed by atoms with Gasteiger partial charge in [-0.15, -0.1) is 0 Å². The van der Waals surface area contributed by atoms with Gasteiger partial charge in [-0.25, -0.2) is 4.21 Å². The zero-order valence-electron chi connectivity index (χ0n) is 18.7. The summed E-state index contributed by atoms with van der Waals surface area (Å²) in [6.07, 6.45) is 0.175. The third kappa shape index (κ3) is 6.78. The van der Waals surface area contributed by atoms with Crippen LogP contribution < -0.4 is 21.1 Å². The van der Waals surface area contributed by atoms with E-state index in [2.05, 4.69) is 15.4 Å². The predicted molar refractivity (Wildman–Crippen MR) is 140 cm³/mol. The summed E-state index contributed by atoms with van der Waals surface area (Å²) in [5, 5.41) is 5.62. The first-order valence-corrected chi connectivity index (χ1v) is 12.0. The molecule has 2 amide bonds. The fraction of sp³-hybridized carbons (Fsp3) is 0.0370. The number of nitrogens with one attached hydrogen (secondary N) is 3. The second kappa shape index (κ2) is 11.1. The minimum absolute atomic E-state index is 0.175. The maximum Gasteiger partial charge on any atom is 0.255 e. The fourth-order valence-electron chi connectivity index (χ4n) is 3.37. The topological polar surface area (TPSA) is 113 Å². The van der Waals surface area contributed by atoms with Crippen LogP contribution >= 0.6 is 0 Å². The van der Waals surface area contributed by atoms with Gasteiger partial charge in [0, 0.05) is 28.3 Å². The number of hydrogen-bond donors (Lipinski definition) is 4. The highest BCUT2D eigenvalue weighted by molar-refractivity contribution is 7.86. The number of hydrogen-bond acceptors (Lipinski definition) is 4. The van der Waals surface area contributed by atoms with Crippen molar-refractivity contribution >= 4 is 45.5 Å². The normalized spacial score (nSPS) is 11.3. The molecule has 1 atom stereocenters. The van der Waals surface area contributed by atoms with Crippen molar-refractivity contribution in [1.82, 2.24) is 0 Å². The number of nitrogens with two attached hydrogens (primary N) is 1. The molecule has 0 radical (unpaired) electrons. The van der Waals surface area contributed by atoms with Crippen LogP contribution in [0, 0.1) is 0 Å². The summed E-state index contributed by atoms with van der Waals surface area (Å²) in [5.74, 6) is -0.533. The second-order valence-corrected chi connectivity index (χ2v) is 8.98. The lowest BCUT2D eigenvalue weighted by molar-refractivity contribution is -0.115. The Labute approximate surface area is 206 Å². The summed E-state index contributed by atoms with van der Waals surface area (Å²) in [6, 6.07) is 29.9. The van der Waals surface area contributed by atoms with Gasteiger partial charge in [0.15, 0.2) is 0 Å². The molecule has 4 aromatic rings. The van der Waals surface area contributed by atoms with Crippen LogP contribution in [0.3, 0.4) is 0 Å². The van der Waals surface area contributed by atoms with E-state index in [0.29, 0.717) is 27.5 Å². The summed E-state index contributed by atoms with van der Waals surface area (Å²) >= 11 is 0. The fourth-order valence-corrected chi connectivity index (χ4v) is 4.22. The van der Waals surface area contributed by atoms with E-state index >= 15 is 0 Å². The molecule has 5 N–H and O–H groups in total. The van der Waals surface area contributed by atoms with Crippen LogP contribution in [0.15, 0.2) is 108 Å². The number of carbonyl (C=O) groups is 2. The molecule has 0 saturated heterocycles. The Morgan fingerprint density at radius 3 is 2.17 bits per heavy atom. The molecule has 0 aliphatic heterocycles. The molecule has 35 heavy (non-hydrogen) atoms. The van der Waals surface area contributed by atoms with E-state index in [9.17, 15) is 13.8 Å². The minimum Gasteiger partial charge on any atom is -0.399 e. The van der Waals surface area contributed by atoms with Crippen LogP contribution in [0.25, 0.3) is 0 Å². The van der Waals surface area contributed by atoms with E-state index in [0.717, 1.165) is 11.3 Å². The van der Waals surface area contributed by atoms with Gasteiger partial charge in [-0.05, 0) is 72.3 Å². The molecule has 0 heterocycles. The Balaban J connectivity index is 1.35. The van der Waals surface area contributed by atoms with E-state index in [-0.39, 0.29) is 18.2 Å².